The number of hydrogen-bond acceptors (Lipinski definition) is 4. The second-order valence-corrected chi connectivity index (χ2v) is 19.9. The monoisotopic (exact) mass is 595 g/mol. The fourth-order valence-corrected chi connectivity index (χ4v) is 8.93. The topological polar surface area (TPSA) is 40.7 Å². The van der Waals surface area contributed by atoms with Gasteiger partial charge in [0.1, 0.15) is 5.76 Å². The Bertz CT molecular complexity index is 1580. The van der Waals surface area contributed by atoms with Crippen LogP contribution in [0.3, 0.4) is 0 Å². The lowest BCUT2D eigenvalue weighted by Crippen LogP contribution is -2.54. The molecule has 0 bridgehead atoms. The SMILES string of the molecule is C=C1CC2C(CCC3=C(C(=C)OC(NC)=C(C)N3C)/C(C)=N\1)c1ccccc1-c1cc(CC(C)(C)C)c([Si](C)(C)C)c[n+]12. The van der Waals surface area contributed by atoms with Gasteiger partial charge < -0.3 is 15.0 Å². The molecule has 2 atom stereocenters. The molecule has 0 fully saturated rings. The number of nitrogens with zero attached hydrogens (tertiary/aromatic N) is 3. The summed E-state index contributed by atoms with van der Waals surface area (Å²) in [5, 5.41) is 4.78. The molecular formula is C37H51N4OSi+. The minimum Gasteiger partial charge on any atom is -0.439 e. The number of fused-ring (bicyclic) bond motifs is 6. The summed E-state index contributed by atoms with van der Waals surface area (Å²) < 4.78 is 8.86. The number of hydrogen-bond donors (Lipinski definition) is 1. The summed E-state index contributed by atoms with van der Waals surface area (Å²) in [6.07, 6.45) is 6.29. The predicted molar refractivity (Wildman–Crippen MR) is 183 cm³/mol. The average Bonchev–Trinajstić information content (AvgIpc) is 3.00. The molecule has 0 saturated heterocycles. The third-order valence-electron chi connectivity index (χ3n) is 9.27. The zero-order chi connectivity index (χ0) is 31.4. The van der Waals surface area contributed by atoms with Crippen molar-refractivity contribution in [3.8, 4) is 11.3 Å². The van der Waals surface area contributed by atoms with Gasteiger partial charge in [0.05, 0.1) is 31.5 Å². The molecule has 3 aliphatic heterocycles. The van der Waals surface area contributed by atoms with Gasteiger partial charge in [-0.25, -0.2) is 0 Å². The summed E-state index contributed by atoms with van der Waals surface area (Å²) in [5.74, 6) is 1.66. The second-order valence-electron chi connectivity index (χ2n) is 14.8. The van der Waals surface area contributed by atoms with Crippen LogP contribution in [-0.4, -0.2) is 32.8 Å². The van der Waals surface area contributed by atoms with Crippen molar-refractivity contribution < 1.29 is 9.30 Å². The van der Waals surface area contributed by atoms with Gasteiger partial charge in [0.2, 0.25) is 11.6 Å². The molecule has 3 aliphatic rings. The van der Waals surface area contributed by atoms with Gasteiger partial charge in [-0.15, -0.1) is 0 Å². The number of rotatable bonds is 3. The van der Waals surface area contributed by atoms with Crippen LogP contribution in [0.5, 0.6) is 0 Å². The molecule has 228 valence electrons. The summed E-state index contributed by atoms with van der Waals surface area (Å²) in [6.45, 7) is 27.5. The number of allylic oxidation sites excluding steroid dienone is 4. The number of pyridine rings is 1. The van der Waals surface area contributed by atoms with Crippen LogP contribution < -0.4 is 15.1 Å². The Hall–Kier alpha value is -3.38. The normalized spacial score (nSPS) is 22.5. The second kappa shape index (κ2) is 11.3. The molecule has 5 nitrogen and oxygen atoms in total. The smallest absolute Gasteiger partial charge is 0.213 e. The fourth-order valence-electron chi connectivity index (χ4n) is 7.28. The van der Waals surface area contributed by atoms with E-state index in [4.69, 9.17) is 9.73 Å². The molecule has 6 heteroatoms. The van der Waals surface area contributed by atoms with Crippen molar-refractivity contribution in [1.29, 1.82) is 0 Å². The highest BCUT2D eigenvalue weighted by molar-refractivity contribution is 6.89. The van der Waals surface area contributed by atoms with Gasteiger partial charge in [0.25, 0.3) is 0 Å². The Morgan fingerprint density at radius 2 is 1.84 bits per heavy atom. The highest BCUT2D eigenvalue weighted by atomic mass is 28.3. The van der Waals surface area contributed by atoms with Gasteiger partial charge in [-0.1, -0.05) is 71.8 Å². The van der Waals surface area contributed by atoms with Crippen LogP contribution in [-0.2, 0) is 11.2 Å². The Kier molecular flexibility index (Phi) is 8.14. The molecule has 0 aliphatic carbocycles. The number of aromatic nitrogens is 1. The van der Waals surface area contributed by atoms with Crippen molar-refractivity contribution in [2.75, 3.05) is 14.1 Å². The summed E-state index contributed by atoms with van der Waals surface area (Å²) in [5.41, 5.74) is 10.8. The van der Waals surface area contributed by atoms with Crippen LogP contribution in [0.2, 0.25) is 19.6 Å². The quantitative estimate of drug-likeness (QED) is 0.292. The number of aliphatic imine (C=N–C) groups is 1. The number of ether oxygens (including phenoxy) is 1. The first kappa shape index (κ1) is 31.1. The molecule has 2 unspecified atom stereocenters. The first-order chi connectivity index (χ1) is 20.1. The van der Waals surface area contributed by atoms with E-state index in [1.165, 1.54) is 28.1 Å². The van der Waals surface area contributed by atoms with Gasteiger partial charge in [0, 0.05) is 48.2 Å². The Morgan fingerprint density at radius 3 is 2.49 bits per heavy atom. The van der Waals surface area contributed by atoms with Crippen LogP contribution in [0.25, 0.3) is 11.3 Å². The van der Waals surface area contributed by atoms with E-state index in [9.17, 15) is 0 Å². The summed E-state index contributed by atoms with van der Waals surface area (Å²) in [6, 6.07) is 11.8. The van der Waals surface area contributed by atoms with Crippen molar-refractivity contribution >= 4 is 19.0 Å². The van der Waals surface area contributed by atoms with Crippen molar-refractivity contribution in [2.45, 2.75) is 91.9 Å². The van der Waals surface area contributed by atoms with E-state index in [0.29, 0.717) is 11.7 Å². The van der Waals surface area contributed by atoms with Crippen LogP contribution in [0.4, 0.5) is 0 Å². The molecule has 4 heterocycles. The highest BCUT2D eigenvalue weighted by Gasteiger charge is 2.43. The standard InChI is InChI=1S/C37H51N4OSi/c1-23-19-32-30(17-18-31-35(24(2)39-23)26(4)42-36(38-8)25(3)40(31)9)28-15-13-14-16-29(28)33-20-27(21-37(5,6)7)34(22-41(32)33)43(10,11)12/h13-16,20,22,30,32,38H,1,4,17-19,21H2,2-3,5-12H3/q+1/b39-24-. The lowest BCUT2D eigenvalue weighted by molar-refractivity contribution is -0.717. The van der Waals surface area contributed by atoms with Crippen LogP contribution in [0.15, 0.2) is 89.0 Å². The van der Waals surface area contributed by atoms with Crippen LogP contribution in [0, 0.1) is 5.41 Å². The molecule has 2 aromatic rings. The molecule has 5 rings (SSSR count). The molecule has 1 aromatic heterocycles. The predicted octanol–water partition coefficient (Wildman–Crippen LogP) is 7.71. The van der Waals surface area contributed by atoms with E-state index in [1.807, 2.05) is 7.05 Å². The molecule has 43 heavy (non-hydrogen) atoms. The van der Waals surface area contributed by atoms with E-state index in [-0.39, 0.29) is 11.5 Å². The lowest BCUT2D eigenvalue weighted by Gasteiger charge is -2.34. The minimum atomic E-state index is -1.64. The van der Waals surface area contributed by atoms with Crippen LogP contribution >= 0.6 is 0 Å². The van der Waals surface area contributed by atoms with Gasteiger partial charge >= 0.3 is 0 Å². The highest BCUT2D eigenvalue weighted by Crippen LogP contribution is 2.45. The molecule has 1 N–H and O–H groups in total. The van der Waals surface area contributed by atoms with Crippen LogP contribution in [0.1, 0.15) is 77.0 Å². The van der Waals surface area contributed by atoms with E-state index in [1.54, 1.807) is 5.19 Å². The zero-order valence-electron chi connectivity index (χ0n) is 28.1. The third-order valence-corrected chi connectivity index (χ3v) is 11.3. The molecule has 0 amide bonds. The maximum Gasteiger partial charge on any atom is 0.213 e. The summed E-state index contributed by atoms with van der Waals surface area (Å²) >= 11 is 0. The van der Waals surface area contributed by atoms with Gasteiger partial charge in [-0.3, -0.25) is 4.99 Å². The Morgan fingerprint density at radius 1 is 1.14 bits per heavy atom. The number of benzene rings is 1. The third kappa shape index (κ3) is 5.91. The first-order valence-electron chi connectivity index (χ1n) is 15.7. The summed E-state index contributed by atoms with van der Waals surface area (Å²) in [4.78, 5) is 7.39. The Balaban J connectivity index is 1.71. The maximum absolute atomic E-state index is 6.25. The van der Waals surface area contributed by atoms with Gasteiger partial charge in [-0.05, 0) is 55.7 Å². The largest absolute Gasteiger partial charge is 0.439 e. The van der Waals surface area contributed by atoms with Crippen molar-refractivity contribution in [2.24, 2.45) is 10.4 Å². The minimum absolute atomic E-state index is 0.213. The first-order valence-corrected chi connectivity index (χ1v) is 19.2. The Labute approximate surface area is 260 Å². The fraction of sp³-hybridized carbons (Fsp3) is 0.459. The molecular weight excluding hydrogens is 545 g/mol. The van der Waals surface area contributed by atoms with Crippen molar-refractivity contribution in [3.05, 3.63) is 95.1 Å². The van der Waals surface area contributed by atoms with E-state index in [2.05, 4.69) is 126 Å². The molecule has 0 radical (unpaired) electrons. The average molecular weight is 596 g/mol. The zero-order valence-corrected chi connectivity index (χ0v) is 29.1. The van der Waals surface area contributed by atoms with Crippen molar-refractivity contribution in [3.63, 3.8) is 0 Å². The lowest BCUT2D eigenvalue weighted by atomic mass is 9.77. The number of nitrogens with one attached hydrogen (secondary N) is 1. The summed E-state index contributed by atoms with van der Waals surface area (Å²) in [7, 11) is 2.38. The molecule has 0 spiro atoms. The van der Waals surface area contributed by atoms with E-state index >= 15 is 0 Å². The van der Waals surface area contributed by atoms with E-state index < -0.39 is 8.07 Å². The maximum atomic E-state index is 6.25. The van der Waals surface area contributed by atoms with Gasteiger partial charge in [0.15, 0.2) is 12.2 Å². The van der Waals surface area contributed by atoms with Crippen molar-refractivity contribution in [1.82, 2.24) is 10.2 Å². The van der Waals surface area contributed by atoms with E-state index in [0.717, 1.165) is 54.2 Å². The van der Waals surface area contributed by atoms with Gasteiger partial charge in [-0.2, -0.15) is 4.57 Å². The molecule has 1 aromatic carbocycles. The molecule has 0 saturated carbocycles.